The van der Waals surface area contributed by atoms with Crippen LogP contribution in [0.15, 0.2) is 108 Å². The van der Waals surface area contributed by atoms with Gasteiger partial charge < -0.3 is 9.15 Å². The molecule has 0 spiro atoms. The van der Waals surface area contributed by atoms with Crippen LogP contribution in [0.2, 0.25) is 0 Å². The van der Waals surface area contributed by atoms with E-state index in [1.54, 1.807) is 0 Å². The quantitative estimate of drug-likeness (QED) is 0.268. The van der Waals surface area contributed by atoms with E-state index in [1.807, 2.05) is 61.5 Å². The molecule has 1 aromatic heterocycles. The molecule has 1 saturated carbocycles. The van der Waals surface area contributed by atoms with E-state index in [2.05, 4.69) is 53.8 Å². The first kappa shape index (κ1) is 22.2. The Morgan fingerprint density at radius 2 is 1.42 bits per heavy atom. The fourth-order valence-corrected chi connectivity index (χ4v) is 4.69. The van der Waals surface area contributed by atoms with Crippen LogP contribution in [0.3, 0.4) is 0 Å². The van der Waals surface area contributed by atoms with Gasteiger partial charge in [-0.05, 0) is 59.6 Å². The lowest BCUT2D eigenvalue weighted by atomic mass is 9.98. The van der Waals surface area contributed by atoms with Crippen LogP contribution >= 0.6 is 0 Å². The van der Waals surface area contributed by atoms with Crippen LogP contribution < -0.4 is 5.32 Å². The molecule has 5 aromatic rings. The number of furan rings is 1. The Morgan fingerprint density at radius 3 is 2.11 bits per heavy atom. The van der Waals surface area contributed by atoms with E-state index in [9.17, 15) is 4.79 Å². The maximum Gasteiger partial charge on any atom is 0.414 e. The predicted molar refractivity (Wildman–Crippen MR) is 144 cm³/mol. The number of ether oxygens (including phenoxy) is 1. The monoisotopic (exact) mass is 473 g/mol. The Kier molecular flexibility index (Phi) is 5.78. The molecular formula is C32H27NO3. The number of amides is 1. The van der Waals surface area contributed by atoms with Crippen LogP contribution in [-0.4, -0.2) is 6.09 Å². The minimum absolute atomic E-state index is 0.378. The van der Waals surface area contributed by atoms with Gasteiger partial charge in [-0.1, -0.05) is 97.1 Å². The fraction of sp³-hybridized carbons (Fsp3) is 0.156. The maximum absolute atomic E-state index is 12.8. The SMILES string of the molecule is C[C@@H](OC(=O)Nc1oc2ccccc2c1-c1ccc(-c2ccc(C3CC3)cc2)cc1)c1ccccc1. The lowest BCUT2D eigenvalue weighted by Gasteiger charge is -2.14. The molecule has 178 valence electrons. The molecule has 4 heteroatoms. The van der Waals surface area contributed by atoms with Crippen molar-refractivity contribution in [1.82, 2.24) is 0 Å². The van der Waals surface area contributed by atoms with Crippen molar-refractivity contribution in [3.63, 3.8) is 0 Å². The van der Waals surface area contributed by atoms with Crippen molar-refractivity contribution in [2.24, 2.45) is 0 Å². The Hall–Kier alpha value is -4.31. The Labute approximate surface area is 210 Å². The molecule has 1 atom stereocenters. The zero-order chi connectivity index (χ0) is 24.5. The highest BCUT2D eigenvalue weighted by atomic mass is 16.6. The second kappa shape index (κ2) is 9.38. The summed E-state index contributed by atoms with van der Waals surface area (Å²) in [4.78, 5) is 12.8. The Morgan fingerprint density at radius 1 is 0.806 bits per heavy atom. The molecule has 6 rings (SSSR count). The minimum atomic E-state index is -0.556. The first-order valence-corrected chi connectivity index (χ1v) is 12.4. The van der Waals surface area contributed by atoms with E-state index in [-0.39, 0.29) is 6.10 Å². The number of rotatable bonds is 6. The summed E-state index contributed by atoms with van der Waals surface area (Å²) in [5, 5.41) is 3.78. The lowest BCUT2D eigenvalue weighted by Crippen LogP contribution is -2.16. The van der Waals surface area contributed by atoms with Crippen LogP contribution in [0.25, 0.3) is 33.2 Å². The molecule has 1 amide bonds. The second-order valence-corrected chi connectivity index (χ2v) is 9.36. The van der Waals surface area contributed by atoms with E-state index < -0.39 is 6.09 Å². The molecule has 1 N–H and O–H groups in total. The summed E-state index contributed by atoms with van der Waals surface area (Å²) in [5.74, 6) is 1.13. The maximum atomic E-state index is 12.8. The summed E-state index contributed by atoms with van der Waals surface area (Å²) in [6.45, 7) is 1.85. The van der Waals surface area contributed by atoms with Gasteiger partial charge in [-0.3, -0.25) is 5.32 Å². The number of hydrogen-bond acceptors (Lipinski definition) is 3. The van der Waals surface area contributed by atoms with Gasteiger partial charge >= 0.3 is 6.09 Å². The van der Waals surface area contributed by atoms with Crippen molar-refractivity contribution in [2.45, 2.75) is 31.8 Å². The third-order valence-electron chi connectivity index (χ3n) is 6.83. The largest absolute Gasteiger partial charge is 0.441 e. The Bertz CT molecular complexity index is 1500. The third-order valence-corrected chi connectivity index (χ3v) is 6.83. The topological polar surface area (TPSA) is 51.5 Å². The van der Waals surface area contributed by atoms with Crippen LogP contribution in [0.1, 0.15) is 42.9 Å². The van der Waals surface area contributed by atoms with Crippen LogP contribution in [0.5, 0.6) is 0 Å². The molecular weight excluding hydrogens is 446 g/mol. The molecule has 1 fully saturated rings. The highest BCUT2D eigenvalue weighted by Gasteiger charge is 2.23. The molecule has 0 radical (unpaired) electrons. The number of carbonyl (C=O) groups excluding carboxylic acids is 1. The van der Waals surface area contributed by atoms with Crippen molar-refractivity contribution in [3.8, 4) is 22.3 Å². The average Bonchev–Trinajstić information content (AvgIpc) is 3.71. The van der Waals surface area contributed by atoms with Crippen molar-refractivity contribution in [1.29, 1.82) is 0 Å². The molecule has 1 heterocycles. The van der Waals surface area contributed by atoms with Crippen LogP contribution in [-0.2, 0) is 4.74 Å². The molecule has 0 saturated heterocycles. The average molecular weight is 474 g/mol. The summed E-state index contributed by atoms with van der Waals surface area (Å²) < 4.78 is 11.7. The van der Waals surface area contributed by atoms with Crippen molar-refractivity contribution in [3.05, 3.63) is 114 Å². The first-order chi connectivity index (χ1) is 17.7. The van der Waals surface area contributed by atoms with E-state index in [0.29, 0.717) is 11.5 Å². The first-order valence-electron chi connectivity index (χ1n) is 12.4. The van der Waals surface area contributed by atoms with Crippen molar-refractivity contribution >= 4 is 22.9 Å². The van der Waals surface area contributed by atoms with E-state index >= 15 is 0 Å². The summed E-state index contributed by atoms with van der Waals surface area (Å²) in [7, 11) is 0. The standard InChI is InChI=1S/C32H27NO3/c1-21(22-7-3-2-4-8-22)35-32(34)33-31-30(28-9-5-6-10-29(28)36-31)27-19-17-26(18-20-27)25-15-13-24(14-16-25)23-11-12-23/h2-10,13-21,23H,11-12H2,1H3,(H,33,34)/t21-/m1/s1. The van der Waals surface area contributed by atoms with E-state index in [4.69, 9.17) is 9.15 Å². The summed E-state index contributed by atoms with van der Waals surface area (Å²) in [5.41, 5.74) is 7.22. The van der Waals surface area contributed by atoms with Crippen molar-refractivity contribution in [2.75, 3.05) is 5.32 Å². The predicted octanol–water partition coefficient (Wildman–Crippen LogP) is 8.95. The van der Waals surface area contributed by atoms with Crippen LogP contribution in [0.4, 0.5) is 10.7 Å². The number of fused-ring (bicyclic) bond motifs is 1. The minimum Gasteiger partial charge on any atom is -0.441 e. The van der Waals surface area contributed by atoms with Gasteiger partial charge in [0.15, 0.2) is 0 Å². The molecule has 36 heavy (non-hydrogen) atoms. The van der Waals surface area contributed by atoms with Gasteiger partial charge in [-0.15, -0.1) is 0 Å². The van der Waals surface area contributed by atoms with Gasteiger partial charge in [0, 0.05) is 5.39 Å². The number of nitrogens with one attached hydrogen (secondary N) is 1. The molecule has 4 nitrogen and oxygen atoms in total. The number of hydrogen-bond donors (Lipinski definition) is 1. The van der Waals surface area contributed by atoms with Gasteiger partial charge in [0.05, 0.1) is 5.56 Å². The molecule has 0 unspecified atom stereocenters. The summed E-state index contributed by atoms with van der Waals surface area (Å²) in [6, 6.07) is 34.7. The summed E-state index contributed by atoms with van der Waals surface area (Å²) >= 11 is 0. The molecule has 1 aliphatic carbocycles. The molecule has 0 bridgehead atoms. The summed E-state index contributed by atoms with van der Waals surface area (Å²) in [6.07, 6.45) is 1.67. The number of para-hydroxylation sites is 1. The Balaban J connectivity index is 1.27. The highest BCUT2D eigenvalue weighted by molar-refractivity contribution is 6.03. The van der Waals surface area contributed by atoms with E-state index in [1.165, 1.54) is 24.0 Å². The van der Waals surface area contributed by atoms with E-state index in [0.717, 1.165) is 33.6 Å². The van der Waals surface area contributed by atoms with Gasteiger partial charge in [0.1, 0.15) is 11.7 Å². The highest BCUT2D eigenvalue weighted by Crippen LogP contribution is 2.41. The smallest absolute Gasteiger partial charge is 0.414 e. The zero-order valence-corrected chi connectivity index (χ0v) is 20.1. The van der Waals surface area contributed by atoms with Gasteiger partial charge in [-0.25, -0.2) is 4.79 Å². The second-order valence-electron chi connectivity index (χ2n) is 9.36. The van der Waals surface area contributed by atoms with Gasteiger partial charge in [0.2, 0.25) is 5.88 Å². The normalized spacial score (nSPS) is 13.9. The molecule has 4 aromatic carbocycles. The number of benzene rings is 4. The van der Waals surface area contributed by atoms with Gasteiger partial charge in [0.25, 0.3) is 0 Å². The van der Waals surface area contributed by atoms with Crippen LogP contribution in [0, 0.1) is 0 Å². The van der Waals surface area contributed by atoms with Crippen molar-refractivity contribution < 1.29 is 13.9 Å². The third kappa shape index (κ3) is 4.50. The number of anilines is 1. The number of carbonyl (C=O) groups is 1. The van der Waals surface area contributed by atoms with Gasteiger partial charge in [-0.2, -0.15) is 0 Å². The zero-order valence-electron chi connectivity index (χ0n) is 20.1. The fourth-order valence-electron chi connectivity index (χ4n) is 4.69. The molecule has 0 aliphatic heterocycles. The lowest BCUT2D eigenvalue weighted by molar-refractivity contribution is 0.120. The molecule has 1 aliphatic rings.